The van der Waals surface area contributed by atoms with Crippen molar-refractivity contribution in [3.63, 3.8) is 0 Å². The van der Waals surface area contributed by atoms with E-state index in [9.17, 15) is 14.4 Å². The summed E-state index contributed by atoms with van der Waals surface area (Å²) in [7, 11) is 0. The van der Waals surface area contributed by atoms with Crippen LogP contribution >= 0.6 is 0 Å². The van der Waals surface area contributed by atoms with Crippen molar-refractivity contribution in [2.75, 3.05) is 0 Å². The number of hydrogen-bond acceptors (Lipinski definition) is 3. The van der Waals surface area contributed by atoms with Crippen molar-refractivity contribution < 1.29 is 19.5 Å². The second-order valence-electron chi connectivity index (χ2n) is 5.82. The topological polar surface area (TPSA) is 95.5 Å². The van der Waals surface area contributed by atoms with Crippen LogP contribution in [0.15, 0.2) is 60.3 Å². The minimum atomic E-state index is -1.16. The van der Waals surface area contributed by atoms with E-state index in [2.05, 4.69) is 10.6 Å². The summed E-state index contributed by atoms with van der Waals surface area (Å²) in [6, 6.07) is 14.8. The number of rotatable bonds is 6. The van der Waals surface area contributed by atoms with Gasteiger partial charge in [0.1, 0.15) is 11.7 Å². The first kappa shape index (κ1) is 18.9. The van der Waals surface area contributed by atoms with Crippen molar-refractivity contribution in [3.05, 3.63) is 77.0 Å². The first-order valence-electron chi connectivity index (χ1n) is 8.05. The summed E-state index contributed by atoms with van der Waals surface area (Å²) in [6.45, 7) is 3.26. The molecule has 0 bridgehead atoms. The van der Waals surface area contributed by atoms with Gasteiger partial charge in [-0.3, -0.25) is 14.4 Å². The fraction of sp³-hybridized carbons (Fsp3) is 0.150. The van der Waals surface area contributed by atoms with Crippen LogP contribution < -0.4 is 10.6 Å². The van der Waals surface area contributed by atoms with Crippen LogP contribution in [-0.4, -0.2) is 28.9 Å². The number of carbonyl (C=O) groups is 3. The lowest BCUT2D eigenvalue weighted by molar-refractivity contribution is -0.140. The lowest BCUT2D eigenvalue weighted by Gasteiger charge is -2.13. The second kappa shape index (κ2) is 8.62. The van der Waals surface area contributed by atoms with Crippen molar-refractivity contribution in [1.29, 1.82) is 0 Å². The predicted molar refractivity (Wildman–Crippen MR) is 98.3 cm³/mol. The van der Waals surface area contributed by atoms with Crippen LogP contribution in [0.2, 0.25) is 0 Å². The summed E-state index contributed by atoms with van der Waals surface area (Å²) >= 11 is 0. The SMILES string of the molecule is Cc1ccc(C(=O)N/C(=C/c2ccccc2)C(=O)N[C@H](C)C(=O)O)cc1. The second-order valence-corrected chi connectivity index (χ2v) is 5.82. The predicted octanol–water partition coefficient (Wildman–Crippen LogP) is 2.36. The molecule has 26 heavy (non-hydrogen) atoms. The zero-order valence-electron chi connectivity index (χ0n) is 14.5. The van der Waals surface area contributed by atoms with E-state index in [4.69, 9.17) is 5.11 Å². The van der Waals surface area contributed by atoms with Crippen LogP contribution in [0.3, 0.4) is 0 Å². The van der Waals surface area contributed by atoms with E-state index in [-0.39, 0.29) is 5.70 Å². The highest BCUT2D eigenvalue weighted by atomic mass is 16.4. The number of carboxylic acids is 1. The molecular weight excluding hydrogens is 332 g/mol. The van der Waals surface area contributed by atoms with Crippen molar-refractivity contribution in [2.45, 2.75) is 19.9 Å². The highest BCUT2D eigenvalue weighted by Gasteiger charge is 2.19. The largest absolute Gasteiger partial charge is 0.480 e. The molecule has 0 heterocycles. The molecule has 134 valence electrons. The molecule has 0 saturated carbocycles. The molecule has 2 aromatic carbocycles. The Morgan fingerprint density at radius 1 is 1.00 bits per heavy atom. The van der Waals surface area contributed by atoms with E-state index in [1.165, 1.54) is 13.0 Å². The Labute approximate surface area is 151 Å². The molecule has 0 radical (unpaired) electrons. The number of nitrogens with one attached hydrogen (secondary N) is 2. The maximum absolute atomic E-state index is 12.4. The number of aliphatic carboxylic acids is 1. The molecule has 0 spiro atoms. The van der Waals surface area contributed by atoms with Crippen molar-refractivity contribution in [3.8, 4) is 0 Å². The molecule has 0 aliphatic heterocycles. The maximum atomic E-state index is 12.4. The highest BCUT2D eigenvalue weighted by Crippen LogP contribution is 2.08. The molecule has 0 aliphatic rings. The zero-order valence-corrected chi connectivity index (χ0v) is 14.5. The lowest BCUT2D eigenvalue weighted by atomic mass is 10.1. The van der Waals surface area contributed by atoms with Gasteiger partial charge < -0.3 is 15.7 Å². The Bertz CT molecular complexity index is 827. The Morgan fingerprint density at radius 3 is 2.19 bits per heavy atom. The molecule has 6 heteroatoms. The summed E-state index contributed by atoms with van der Waals surface area (Å²) in [5, 5.41) is 13.9. The molecule has 0 aromatic heterocycles. The smallest absolute Gasteiger partial charge is 0.325 e. The Morgan fingerprint density at radius 2 is 1.62 bits per heavy atom. The Hall–Kier alpha value is -3.41. The molecule has 2 rings (SSSR count). The average Bonchev–Trinajstić information content (AvgIpc) is 2.62. The zero-order chi connectivity index (χ0) is 19.1. The summed E-state index contributed by atoms with van der Waals surface area (Å²) in [6.07, 6.45) is 1.50. The van der Waals surface area contributed by atoms with Crippen LogP contribution in [-0.2, 0) is 9.59 Å². The third-order valence-electron chi connectivity index (χ3n) is 3.64. The van der Waals surface area contributed by atoms with E-state index >= 15 is 0 Å². The summed E-state index contributed by atoms with van der Waals surface area (Å²) in [4.78, 5) is 35.8. The van der Waals surface area contributed by atoms with Gasteiger partial charge in [-0.25, -0.2) is 0 Å². The average molecular weight is 352 g/mol. The van der Waals surface area contributed by atoms with Gasteiger partial charge in [0.15, 0.2) is 0 Å². The fourth-order valence-electron chi connectivity index (χ4n) is 2.11. The van der Waals surface area contributed by atoms with Crippen LogP contribution in [0, 0.1) is 6.92 Å². The van der Waals surface area contributed by atoms with E-state index in [0.29, 0.717) is 11.1 Å². The van der Waals surface area contributed by atoms with Crippen molar-refractivity contribution in [2.24, 2.45) is 0 Å². The highest BCUT2D eigenvalue weighted by molar-refractivity contribution is 6.06. The number of aryl methyl sites for hydroxylation is 1. The van der Waals surface area contributed by atoms with Crippen LogP contribution in [0.25, 0.3) is 6.08 Å². The number of hydrogen-bond donors (Lipinski definition) is 3. The molecule has 1 atom stereocenters. The van der Waals surface area contributed by atoms with E-state index in [1.807, 2.05) is 13.0 Å². The van der Waals surface area contributed by atoms with Crippen LogP contribution in [0.4, 0.5) is 0 Å². The van der Waals surface area contributed by atoms with E-state index in [0.717, 1.165) is 5.56 Å². The molecule has 0 unspecified atom stereocenters. The quantitative estimate of drug-likeness (QED) is 0.696. The summed E-state index contributed by atoms with van der Waals surface area (Å²) in [5.41, 5.74) is 2.07. The first-order valence-corrected chi connectivity index (χ1v) is 8.05. The van der Waals surface area contributed by atoms with Gasteiger partial charge in [0.2, 0.25) is 0 Å². The van der Waals surface area contributed by atoms with E-state index in [1.54, 1.807) is 48.5 Å². The maximum Gasteiger partial charge on any atom is 0.325 e. The third-order valence-corrected chi connectivity index (χ3v) is 3.64. The van der Waals surface area contributed by atoms with Gasteiger partial charge in [0.25, 0.3) is 11.8 Å². The number of carboxylic acid groups (broad SMARTS) is 1. The van der Waals surface area contributed by atoms with Gasteiger partial charge in [-0.15, -0.1) is 0 Å². The summed E-state index contributed by atoms with van der Waals surface area (Å²) in [5.74, 6) is -2.29. The van der Waals surface area contributed by atoms with Gasteiger partial charge in [-0.2, -0.15) is 0 Å². The molecular formula is C20H20N2O4. The molecule has 0 saturated heterocycles. The molecule has 6 nitrogen and oxygen atoms in total. The molecule has 2 amide bonds. The third kappa shape index (κ3) is 5.31. The van der Waals surface area contributed by atoms with Gasteiger partial charge in [0, 0.05) is 5.56 Å². The standard InChI is InChI=1S/C20H20N2O4/c1-13-8-10-16(11-9-13)18(23)22-17(12-15-6-4-3-5-7-15)19(24)21-14(2)20(25)26/h3-12,14H,1-2H3,(H,21,24)(H,22,23)(H,25,26)/b17-12+/t14-/m1/s1. The molecule has 3 N–H and O–H groups in total. The van der Waals surface area contributed by atoms with Crippen molar-refractivity contribution in [1.82, 2.24) is 10.6 Å². The van der Waals surface area contributed by atoms with Gasteiger partial charge in [0.05, 0.1) is 0 Å². The van der Waals surface area contributed by atoms with E-state index < -0.39 is 23.8 Å². The van der Waals surface area contributed by atoms with Crippen molar-refractivity contribution >= 4 is 23.9 Å². The number of benzene rings is 2. The minimum absolute atomic E-state index is 0.0325. The molecule has 0 aliphatic carbocycles. The fourth-order valence-corrected chi connectivity index (χ4v) is 2.11. The Balaban J connectivity index is 2.26. The summed E-state index contributed by atoms with van der Waals surface area (Å²) < 4.78 is 0. The minimum Gasteiger partial charge on any atom is -0.480 e. The molecule has 2 aromatic rings. The normalized spacial score (nSPS) is 12.2. The number of carbonyl (C=O) groups excluding carboxylic acids is 2. The lowest BCUT2D eigenvalue weighted by Crippen LogP contribution is -2.42. The molecule has 0 fully saturated rings. The van der Waals surface area contributed by atoms with Gasteiger partial charge >= 0.3 is 5.97 Å². The Kier molecular flexibility index (Phi) is 6.27. The van der Waals surface area contributed by atoms with Crippen LogP contribution in [0.1, 0.15) is 28.4 Å². The monoisotopic (exact) mass is 352 g/mol. The van der Waals surface area contributed by atoms with Gasteiger partial charge in [-0.1, -0.05) is 48.0 Å². The van der Waals surface area contributed by atoms with Crippen LogP contribution in [0.5, 0.6) is 0 Å². The first-order chi connectivity index (χ1) is 12.4. The number of amides is 2. The van der Waals surface area contributed by atoms with Gasteiger partial charge in [-0.05, 0) is 37.6 Å².